The zero-order valence-electron chi connectivity index (χ0n) is 13.8. The third kappa shape index (κ3) is 3.95. The van der Waals surface area contributed by atoms with Gasteiger partial charge in [-0.15, -0.1) is 0 Å². The van der Waals surface area contributed by atoms with Crippen molar-refractivity contribution in [3.05, 3.63) is 41.2 Å². The van der Waals surface area contributed by atoms with Crippen LogP contribution in [0.3, 0.4) is 0 Å². The number of hydrogen-bond donors (Lipinski definition) is 1. The molecule has 0 aliphatic rings. The quantitative estimate of drug-likeness (QED) is 0.525. The SMILES string of the molecule is Cc1cc(C)n2cc(COC(=O)CCCCc3cn[nH]n3)nc2n1. The van der Waals surface area contributed by atoms with E-state index in [1.54, 1.807) is 6.20 Å². The molecular weight excluding hydrogens is 308 g/mol. The van der Waals surface area contributed by atoms with Crippen molar-refractivity contribution in [1.29, 1.82) is 0 Å². The van der Waals surface area contributed by atoms with Crippen LogP contribution in [0.2, 0.25) is 0 Å². The maximum atomic E-state index is 11.8. The zero-order valence-corrected chi connectivity index (χ0v) is 13.8. The van der Waals surface area contributed by atoms with E-state index in [1.165, 1.54) is 0 Å². The van der Waals surface area contributed by atoms with Crippen LogP contribution in [0.1, 0.15) is 42.0 Å². The van der Waals surface area contributed by atoms with Crippen molar-refractivity contribution in [1.82, 2.24) is 29.8 Å². The van der Waals surface area contributed by atoms with Gasteiger partial charge in [-0.05, 0) is 39.2 Å². The number of aromatic amines is 1. The highest BCUT2D eigenvalue weighted by Crippen LogP contribution is 2.10. The van der Waals surface area contributed by atoms with Crippen molar-refractivity contribution in [2.45, 2.75) is 46.1 Å². The average molecular weight is 328 g/mol. The molecule has 3 heterocycles. The molecule has 8 nitrogen and oxygen atoms in total. The molecule has 0 aromatic carbocycles. The average Bonchev–Trinajstić information content (AvgIpc) is 3.18. The highest BCUT2D eigenvalue weighted by Gasteiger charge is 2.09. The molecule has 0 amide bonds. The van der Waals surface area contributed by atoms with Crippen molar-refractivity contribution in [2.24, 2.45) is 0 Å². The van der Waals surface area contributed by atoms with E-state index in [1.807, 2.05) is 30.5 Å². The summed E-state index contributed by atoms with van der Waals surface area (Å²) in [4.78, 5) is 20.6. The van der Waals surface area contributed by atoms with Gasteiger partial charge in [0.15, 0.2) is 0 Å². The van der Waals surface area contributed by atoms with Crippen LogP contribution in [0, 0.1) is 13.8 Å². The van der Waals surface area contributed by atoms with Crippen LogP contribution in [-0.4, -0.2) is 35.7 Å². The predicted octanol–water partition coefficient (Wildman–Crippen LogP) is 1.92. The Balaban J connectivity index is 1.45. The normalized spacial score (nSPS) is 11.1. The van der Waals surface area contributed by atoms with Gasteiger partial charge < -0.3 is 4.74 Å². The summed E-state index contributed by atoms with van der Waals surface area (Å²) in [6, 6.07) is 1.99. The number of unbranched alkanes of at least 4 members (excludes halogenated alkanes) is 1. The van der Waals surface area contributed by atoms with E-state index in [0.717, 1.165) is 36.3 Å². The molecule has 0 saturated carbocycles. The number of rotatable bonds is 7. The number of aryl methyl sites for hydroxylation is 3. The first-order chi connectivity index (χ1) is 11.6. The van der Waals surface area contributed by atoms with Crippen molar-refractivity contribution < 1.29 is 9.53 Å². The lowest BCUT2D eigenvalue weighted by atomic mass is 10.1. The minimum absolute atomic E-state index is 0.171. The van der Waals surface area contributed by atoms with Crippen LogP contribution in [-0.2, 0) is 22.6 Å². The van der Waals surface area contributed by atoms with Gasteiger partial charge in [-0.2, -0.15) is 15.4 Å². The Kier molecular flexibility index (Phi) is 4.83. The fourth-order valence-electron chi connectivity index (χ4n) is 2.54. The lowest BCUT2D eigenvalue weighted by Gasteiger charge is -2.02. The van der Waals surface area contributed by atoms with Crippen molar-refractivity contribution in [3.63, 3.8) is 0 Å². The van der Waals surface area contributed by atoms with E-state index < -0.39 is 0 Å². The maximum Gasteiger partial charge on any atom is 0.306 e. The molecule has 8 heteroatoms. The van der Waals surface area contributed by atoms with Crippen molar-refractivity contribution in [2.75, 3.05) is 0 Å². The Morgan fingerprint density at radius 2 is 2.12 bits per heavy atom. The van der Waals surface area contributed by atoms with Gasteiger partial charge in [0.2, 0.25) is 5.78 Å². The first-order valence-corrected chi connectivity index (χ1v) is 7.94. The number of esters is 1. The maximum absolute atomic E-state index is 11.8. The van der Waals surface area contributed by atoms with E-state index >= 15 is 0 Å². The fourth-order valence-corrected chi connectivity index (χ4v) is 2.54. The van der Waals surface area contributed by atoms with Gasteiger partial charge in [-0.1, -0.05) is 0 Å². The molecule has 0 spiro atoms. The van der Waals surface area contributed by atoms with Gasteiger partial charge in [0.25, 0.3) is 0 Å². The molecule has 0 aliphatic carbocycles. The van der Waals surface area contributed by atoms with E-state index in [4.69, 9.17) is 4.74 Å². The molecule has 0 unspecified atom stereocenters. The molecule has 1 N–H and O–H groups in total. The van der Waals surface area contributed by atoms with Crippen LogP contribution in [0.4, 0.5) is 0 Å². The number of aromatic nitrogens is 6. The Hall–Kier alpha value is -2.77. The molecule has 0 aliphatic heterocycles. The lowest BCUT2D eigenvalue weighted by molar-refractivity contribution is -0.145. The molecule has 0 saturated heterocycles. The van der Waals surface area contributed by atoms with Crippen LogP contribution in [0.5, 0.6) is 0 Å². The zero-order chi connectivity index (χ0) is 16.9. The van der Waals surface area contributed by atoms with Crippen LogP contribution < -0.4 is 0 Å². The largest absolute Gasteiger partial charge is 0.459 e. The summed E-state index contributed by atoms with van der Waals surface area (Å²) in [6.45, 7) is 4.10. The minimum atomic E-state index is -0.215. The predicted molar refractivity (Wildman–Crippen MR) is 86.2 cm³/mol. The Bertz CT molecular complexity index is 825. The van der Waals surface area contributed by atoms with Gasteiger partial charge in [-0.25, -0.2) is 9.97 Å². The third-order valence-electron chi connectivity index (χ3n) is 3.72. The van der Waals surface area contributed by atoms with Gasteiger partial charge >= 0.3 is 5.97 Å². The molecule has 0 fully saturated rings. The van der Waals surface area contributed by atoms with E-state index in [9.17, 15) is 4.79 Å². The molecular formula is C16H20N6O2. The number of nitrogens with one attached hydrogen (secondary N) is 1. The van der Waals surface area contributed by atoms with Gasteiger partial charge in [0, 0.05) is 24.0 Å². The second-order valence-corrected chi connectivity index (χ2v) is 5.77. The smallest absolute Gasteiger partial charge is 0.306 e. The number of ether oxygens (including phenoxy) is 1. The van der Waals surface area contributed by atoms with Gasteiger partial charge in [0.05, 0.1) is 17.6 Å². The van der Waals surface area contributed by atoms with E-state index in [2.05, 4.69) is 25.4 Å². The van der Waals surface area contributed by atoms with E-state index in [-0.39, 0.29) is 12.6 Å². The summed E-state index contributed by atoms with van der Waals surface area (Å²) in [5, 5.41) is 10.3. The lowest BCUT2D eigenvalue weighted by Crippen LogP contribution is -2.04. The third-order valence-corrected chi connectivity index (χ3v) is 3.72. The summed E-state index contributed by atoms with van der Waals surface area (Å²) in [5.74, 6) is 0.416. The van der Waals surface area contributed by atoms with Crippen LogP contribution in [0.15, 0.2) is 18.5 Å². The first-order valence-electron chi connectivity index (χ1n) is 7.94. The molecule has 24 heavy (non-hydrogen) atoms. The molecule has 0 radical (unpaired) electrons. The Labute approximate surface area is 139 Å². The fraction of sp³-hybridized carbons (Fsp3) is 0.438. The van der Waals surface area contributed by atoms with Crippen LogP contribution in [0.25, 0.3) is 5.78 Å². The number of carbonyl (C=O) groups is 1. The van der Waals surface area contributed by atoms with Crippen LogP contribution >= 0.6 is 0 Å². The monoisotopic (exact) mass is 328 g/mol. The number of nitrogens with zero attached hydrogens (tertiary/aromatic N) is 5. The molecule has 3 aromatic heterocycles. The standard InChI is InChI=1S/C16H20N6O2/c1-11-7-12(2)22-9-14(19-16(22)18-11)10-24-15(23)6-4-3-5-13-8-17-21-20-13/h7-9H,3-6,10H2,1-2H3,(H,17,20,21). The van der Waals surface area contributed by atoms with Gasteiger partial charge in [0.1, 0.15) is 6.61 Å². The molecule has 0 atom stereocenters. The molecule has 0 bridgehead atoms. The minimum Gasteiger partial charge on any atom is -0.459 e. The van der Waals surface area contributed by atoms with Crippen molar-refractivity contribution >= 4 is 11.7 Å². The Morgan fingerprint density at radius 3 is 2.92 bits per heavy atom. The summed E-state index contributed by atoms with van der Waals surface area (Å²) in [6.07, 6.45) is 6.38. The second kappa shape index (κ2) is 7.20. The highest BCUT2D eigenvalue weighted by atomic mass is 16.5. The summed E-state index contributed by atoms with van der Waals surface area (Å²) >= 11 is 0. The number of imidazole rings is 1. The molecule has 3 rings (SSSR count). The second-order valence-electron chi connectivity index (χ2n) is 5.77. The number of hydrogen-bond acceptors (Lipinski definition) is 6. The van der Waals surface area contributed by atoms with Crippen molar-refractivity contribution in [3.8, 4) is 0 Å². The van der Waals surface area contributed by atoms with Gasteiger partial charge in [-0.3, -0.25) is 9.20 Å². The Morgan fingerprint density at radius 1 is 1.25 bits per heavy atom. The molecule has 3 aromatic rings. The number of fused-ring (bicyclic) bond motifs is 1. The topological polar surface area (TPSA) is 98.1 Å². The number of carbonyl (C=O) groups excluding carboxylic acids is 1. The molecule has 126 valence electrons. The summed E-state index contributed by atoms with van der Waals surface area (Å²) in [7, 11) is 0. The highest BCUT2D eigenvalue weighted by molar-refractivity contribution is 5.69. The van der Waals surface area contributed by atoms with E-state index in [0.29, 0.717) is 17.9 Å². The summed E-state index contributed by atoms with van der Waals surface area (Å²) < 4.78 is 7.19. The first kappa shape index (κ1) is 16.1. The number of H-pyrrole nitrogens is 1. The summed E-state index contributed by atoms with van der Waals surface area (Å²) in [5.41, 5.74) is 3.58.